The minimum absolute atomic E-state index is 0.0706. The molecule has 1 aliphatic rings. The summed E-state index contributed by atoms with van der Waals surface area (Å²) in [6.07, 6.45) is 4.63. The van der Waals surface area contributed by atoms with Crippen LogP contribution in [0.3, 0.4) is 0 Å². The molecule has 0 spiro atoms. The number of aliphatic hydroxyl groups excluding tert-OH is 1. The number of methoxy groups -OCH3 is 1. The fourth-order valence-electron chi connectivity index (χ4n) is 3.78. The van der Waals surface area contributed by atoms with Crippen molar-refractivity contribution in [3.63, 3.8) is 0 Å². The van der Waals surface area contributed by atoms with Gasteiger partial charge in [-0.3, -0.25) is 9.36 Å². The first-order valence-corrected chi connectivity index (χ1v) is 11.0. The molecule has 0 atom stereocenters. The summed E-state index contributed by atoms with van der Waals surface area (Å²) < 4.78 is 13.7. The fourth-order valence-corrected chi connectivity index (χ4v) is 3.78. The number of ether oxygens (including phenoxy) is 2. The molecule has 4 rings (SSSR count). The number of nitrogens with two attached hydrogens (primary N) is 1. The van der Waals surface area contributed by atoms with E-state index in [4.69, 9.17) is 30.3 Å². The van der Waals surface area contributed by atoms with Crippen molar-refractivity contribution in [3.05, 3.63) is 35.7 Å². The lowest BCUT2D eigenvalue weighted by Crippen LogP contribution is -2.27. The number of amides is 1. The van der Waals surface area contributed by atoms with Crippen LogP contribution in [0.5, 0.6) is 11.5 Å². The van der Waals surface area contributed by atoms with Crippen LogP contribution in [-0.4, -0.2) is 75.9 Å². The summed E-state index contributed by atoms with van der Waals surface area (Å²) in [6, 6.07) is 3.81. The van der Waals surface area contributed by atoms with Crippen molar-refractivity contribution in [2.45, 2.75) is 19.5 Å². The number of aliphatic hydroxyl groups is 1. The van der Waals surface area contributed by atoms with E-state index in [1.807, 2.05) is 16.7 Å². The number of carbonyl (C=O) groups is 1. The summed E-state index contributed by atoms with van der Waals surface area (Å²) >= 11 is 0. The predicted octanol–water partition coefficient (Wildman–Crippen LogP) is 0.163. The number of nitrogen functional groups attached to an aromatic ring is 1. The highest BCUT2D eigenvalue weighted by atomic mass is 16.5. The van der Waals surface area contributed by atoms with E-state index in [2.05, 4.69) is 15.3 Å². The van der Waals surface area contributed by atoms with Gasteiger partial charge in [-0.15, -0.1) is 0 Å². The van der Waals surface area contributed by atoms with Crippen LogP contribution in [0.2, 0.25) is 0 Å². The zero-order valence-corrected chi connectivity index (χ0v) is 19.0. The summed E-state index contributed by atoms with van der Waals surface area (Å²) in [5, 5.41) is 13.3. The smallest absolute Gasteiger partial charge is 0.227 e. The van der Waals surface area contributed by atoms with Crippen molar-refractivity contribution in [1.29, 1.82) is 0 Å². The highest BCUT2D eigenvalue weighted by molar-refractivity contribution is 5.95. The van der Waals surface area contributed by atoms with E-state index in [-0.39, 0.29) is 12.6 Å². The second kappa shape index (κ2) is 10.8. The van der Waals surface area contributed by atoms with Crippen molar-refractivity contribution in [2.24, 2.45) is 4.99 Å². The molecule has 1 aromatic carbocycles. The van der Waals surface area contributed by atoms with E-state index >= 15 is 0 Å². The molecule has 1 aliphatic heterocycles. The van der Waals surface area contributed by atoms with Gasteiger partial charge in [0.05, 0.1) is 26.9 Å². The van der Waals surface area contributed by atoms with Gasteiger partial charge in [-0.1, -0.05) is 0 Å². The van der Waals surface area contributed by atoms with Gasteiger partial charge in [0, 0.05) is 49.5 Å². The molecule has 180 valence electrons. The van der Waals surface area contributed by atoms with E-state index in [9.17, 15) is 4.79 Å². The van der Waals surface area contributed by atoms with Crippen LogP contribution in [0.4, 0.5) is 11.8 Å². The number of nitrogens with zero attached hydrogens (tertiary/aromatic N) is 6. The number of hydrogen-bond donors (Lipinski definition) is 3. The Hall–Kier alpha value is -3.93. The fraction of sp³-hybridized carbons (Fsp3) is 0.409. The summed E-state index contributed by atoms with van der Waals surface area (Å²) in [7, 11) is 1.58. The molecule has 0 saturated carbocycles. The third-order valence-corrected chi connectivity index (χ3v) is 5.42. The van der Waals surface area contributed by atoms with Gasteiger partial charge in [0.15, 0.2) is 11.5 Å². The van der Waals surface area contributed by atoms with E-state index in [1.54, 1.807) is 19.5 Å². The van der Waals surface area contributed by atoms with Crippen molar-refractivity contribution in [3.8, 4) is 11.5 Å². The van der Waals surface area contributed by atoms with Crippen LogP contribution in [0.15, 0.2) is 29.5 Å². The number of carbonyl (C=O) groups excluding carboxylic acids is 1. The summed E-state index contributed by atoms with van der Waals surface area (Å²) in [5.74, 6) is 2.22. The molecule has 0 unspecified atom stereocenters. The summed E-state index contributed by atoms with van der Waals surface area (Å²) in [5.41, 5.74) is 7.59. The van der Waals surface area contributed by atoms with E-state index in [0.29, 0.717) is 55.3 Å². The molecule has 0 aliphatic carbocycles. The molecule has 1 amide bonds. The van der Waals surface area contributed by atoms with Crippen LogP contribution in [0, 0.1) is 0 Å². The number of nitrogens with one attached hydrogen (secondary N) is 1. The predicted molar refractivity (Wildman–Crippen MR) is 125 cm³/mol. The van der Waals surface area contributed by atoms with Crippen LogP contribution < -0.4 is 26.1 Å². The molecular weight excluding hydrogens is 440 g/mol. The van der Waals surface area contributed by atoms with Crippen LogP contribution in [0.1, 0.15) is 12.0 Å². The van der Waals surface area contributed by atoms with Crippen LogP contribution in [-0.2, 0) is 17.9 Å². The molecule has 2 aromatic heterocycles. The number of benzene rings is 1. The first-order valence-electron chi connectivity index (χ1n) is 11.0. The van der Waals surface area contributed by atoms with Gasteiger partial charge in [0.25, 0.3) is 0 Å². The topological polar surface area (TPSA) is 153 Å². The summed E-state index contributed by atoms with van der Waals surface area (Å²) in [6.45, 7) is 2.98. The molecule has 0 saturated heterocycles. The Labute approximate surface area is 196 Å². The summed E-state index contributed by atoms with van der Waals surface area (Å²) in [4.78, 5) is 30.0. The lowest BCUT2D eigenvalue weighted by atomic mass is 10.2. The zero-order valence-electron chi connectivity index (χ0n) is 19.0. The first kappa shape index (κ1) is 23.2. The standard InChI is InChI=1S/C22H28N8O4/c1-33-19-17(34-10-2-6-29(14-32)8-9-31)4-3-16-18(19)28-22(30-7-5-24-20(16)30)27-13-15-11-25-21(23)26-12-15/h3-4,11-12,14,24,31H,2,5-10,13H2,1H3,(H2,23,25,26). The normalized spacial score (nSPS) is 12.9. The maximum atomic E-state index is 11.0. The minimum Gasteiger partial charge on any atom is -0.491 e. The maximum absolute atomic E-state index is 11.0. The van der Waals surface area contributed by atoms with Crippen molar-refractivity contribution >= 4 is 29.1 Å². The monoisotopic (exact) mass is 468 g/mol. The van der Waals surface area contributed by atoms with E-state index in [0.717, 1.165) is 36.3 Å². The van der Waals surface area contributed by atoms with Gasteiger partial charge >= 0.3 is 0 Å². The Morgan fingerprint density at radius 2 is 2.15 bits per heavy atom. The Balaban J connectivity index is 1.62. The van der Waals surface area contributed by atoms with Gasteiger partial charge in [-0.05, 0) is 18.6 Å². The van der Waals surface area contributed by atoms with Crippen molar-refractivity contribution in [1.82, 2.24) is 24.4 Å². The van der Waals surface area contributed by atoms with Crippen LogP contribution >= 0.6 is 0 Å². The average Bonchev–Trinajstić information content (AvgIpc) is 3.35. The number of anilines is 2. The molecule has 3 aromatic rings. The van der Waals surface area contributed by atoms with Crippen molar-refractivity contribution < 1.29 is 19.4 Å². The Kier molecular flexibility index (Phi) is 7.38. The maximum Gasteiger partial charge on any atom is 0.227 e. The average molecular weight is 469 g/mol. The van der Waals surface area contributed by atoms with Gasteiger partial charge in [0.2, 0.25) is 18.0 Å². The molecular formula is C22H28N8O4. The Morgan fingerprint density at radius 3 is 2.88 bits per heavy atom. The third-order valence-electron chi connectivity index (χ3n) is 5.42. The van der Waals surface area contributed by atoms with Crippen LogP contribution in [0.25, 0.3) is 10.9 Å². The third kappa shape index (κ3) is 5.01. The van der Waals surface area contributed by atoms with Gasteiger partial charge < -0.3 is 30.5 Å². The highest BCUT2D eigenvalue weighted by Gasteiger charge is 2.20. The minimum atomic E-state index is -0.0706. The van der Waals surface area contributed by atoms with Gasteiger partial charge in [-0.25, -0.2) is 19.9 Å². The van der Waals surface area contributed by atoms with Gasteiger partial charge in [-0.2, -0.15) is 0 Å². The molecule has 0 fully saturated rings. The molecule has 34 heavy (non-hydrogen) atoms. The number of aromatic nitrogens is 4. The molecule has 12 heteroatoms. The Morgan fingerprint density at radius 1 is 1.32 bits per heavy atom. The second-order valence-electron chi connectivity index (χ2n) is 7.66. The molecule has 0 radical (unpaired) electrons. The molecule has 12 nitrogen and oxygen atoms in total. The zero-order chi connectivity index (χ0) is 23.9. The Bertz CT molecular complexity index is 1210. The van der Waals surface area contributed by atoms with Gasteiger partial charge in [0.1, 0.15) is 11.3 Å². The number of hydrogen-bond acceptors (Lipinski definition) is 10. The quantitative estimate of drug-likeness (QED) is 0.264. The lowest BCUT2D eigenvalue weighted by molar-refractivity contribution is -0.118. The molecule has 4 N–H and O–H groups in total. The lowest BCUT2D eigenvalue weighted by Gasteiger charge is -2.17. The highest BCUT2D eigenvalue weighted by Crippen LogP contribution is 2.37. The van der Waals surface area contributed by atoms with Crippen molar-refractivity contribution in [2.75, 3.05) is 51.0 Å². The molecule has 3 heterocycles. The van der Waals surface area contributed by atoms with E-state index < -0.39 is 0 Å². The number of fused-ring (bicyclic) bond motifs is 3. The molecule has 0 bridgehead atoms. The first-order chi connectivity index (χ1) is 16.6. The number of rotatable bonds is 11. The SMILES string of the molecule is COc1c(OCCCN(C=O)CCO)ccc2c3n(c(=NCc4cnc(N)nc4)nc12)CCN3. The largest absolute Gasteiger partial charge is 0.491 e. The van der Waals surface area contributed by atoms with E-state index in [1.165, 1.54) is 4.90 Å². The second-order valence-corrected chi connectivity index (χ2v) is 7.66.